The molecule has 0 atom stereocenters. The number of hydrogen-bond acceptors (Lipinski definition) is 5. The topological polar surface area (TPSA) is 55.3 Å². The molecule has 166 valence electrons. The van der Waals surface area contributed by atoms with Gasteiger partial charge in [-0.1, -0.05) is 60.7 Å². The molecule has 0 bridgehead atoms. The van der Waals surface area contributed by atoms with Crippen LogP contribution < -0.4 is 4.90 Å². The van der Waals surface area contributed by atoms with E-state index in [1.54, 1.807) is 0 Å². The molecule has 0 unspecified atom stereocenters. The molecular formula is C28H27N3O2. The van der Waals surface area contributed by atoms with Gasteiger partial charge in [-0.05, 0) is 40.8 Å². The molecule has 0 spiro atoms. The van der Waals surface area contributed by atoms with Crippen LogP contribution in [0.1, 0.15) is 17.5 Å². The van der Waals surface area contributed by atoms with Crippen molar-refractivity contribution in [2.24, 2.45) is 0 Å². The summed E-state index contributed by atoms with van der Waals surface area (Å²) in [5, 5.41) is 0. The molecular weight excluding hydrogens is 410 g/mol. The minimum atomic E-state index is 0.267. The number of benzene rings is 3. The molecule has 0 amide bonds. The monoisotopic (exact) mass is 437 g/mol. The van der Waals surface area contributed by atoms with Crippen molar-refractivity contribution >= 4 is 22.6 Å². The van der Waals surface area contributed by atoms with Crippen LogP contribution in [0.5, 0.6) is 0 Å². The van der Waals surface area contributed by atoms with Gasteiger partial charge in [0.2, 0.25) is 0 Å². The Kier molecular flexibility index (Phi) is 6.40. The quantitative estimate of drug-likeness (QED) is 0.413. The third-order valence-electron chi connectivity index (χ3n) is 6.09. The molecule has 0 N–H and O–H groups in total. The predicted molar refractivity (Wildman–Crippen MR) is 131 cm³/mol. The van der Waals surface area contributed by atoms with Crippen LogP contribution >= 0.6 is 0 Å². The van der Waals surface area contributed by atoms with E-state index in [1.807, 2.05) is 30.5 Å². The number of hydrogen-bond donors (Lipinski definition) is 0. The molecule has 3 aromatic carbocycles. The Morgan fingerprint density at radius 2 is 1.61 bits per heavy atom. The summed E-state index contributed by atoms with van der Waals surface area (Å²) in [5.74, 6) is 1.16. The summed E-state index contributed by atoms with van der Waals surface area (Å²) in [7, 11) is 0. The number of aryl methyl sites for hydroxylation is 1. The maximum absolute atomic E-state index is 12.4. The van der Waals surface area contributed by atoms with Crippen molar-refractivity contribution in [2.75, 3.05) is 31.2 Å². The lowest BCUT2D eigenvalue weighted by Gasteiger charge is -2.27. The van der Waals surface area contributed by atoms with E-state index in [4.69, 9.17) is 9.72 Å². The van der Waals surface area contributed by atoms with E-state index < -0.39 is 0 Å². The molecule has 1 aliphatic rings. The van der Waals surface area contributed by atoms with Gasteiger partial charge in [0.25, 0.3) is 0 Å². The second-order valence-electron chi connectivity index (χ2n) is 8.43. The van der Waals surface area contributed by atoms with Gasteiger partial charge in [-0.2, -0.15) is 0 Å². The Bertz CT molecular complexity index is 1230. The summed E-state index contributed by atoms with van der Waals surface area (Å²) in [6.07, 6.45) is 3.68. The van der Waals surface area contributed by atoms with Gasteiger partial charge in [0, 0.05) is 25.9 Å². The highest BCUT2D eigenvalue weighted by Gasteiger charge is 2.13. The number of rotatable bonds is 7. The zero-order valence-electron chi connectivity index (χ0n) is 18.6. The molecule has 1 saturated heterocycles. The largest absolute Gasteiger partial charge is 0.378 e. The second kappa shape index (κ2) is 9.92. The van der Waals surface area contributed by atoms with Crippen molar-refractivity contribution in [3.63, 3.8) is 0 Å². The van der Waals surface area contributed by atoms with Crippen LogP contribution in [0.2, 0.25) is 0 Å². The lowest BCUT2D eigenvalue weighted by molar-refractivity contribution is -0.118. The second-order valence-corrected chi connectivity index (χ2v) is 8.43. The minimum absolute atomic E-state index is 0.267. The molecule has 5 heteroatoms. The van der Waals surface area contributed by atoms with E-state index in [2.05, 4.69) is 58.4 Å². The first kappa shape index (κ1) is 21.3. The number of morpholine rings is 1. The summed E-state index contributed by atoms with van der Waals surface area (Å²) in [6, 6.07) is 24.6. The van der Waals surface area contributed by atoms with E-state index in [9.17, 15) is 4.79 Å². The fourth-order valence-corrected chi connectivity index (χ4v) is 4.19. The average Bonchev–Trinajstić information content (AvgIpc) is 2.88. The Morgan fingerprint density at radius 3 is 2.39 bits per heavy atom. The van der Waals surface area contributed by atoms with E-state index in [1.165, 1.54) is 5.56 Å². The molecule has 33 heavy (non-hydrogen) atoms. The van der Waals surface area contributed by atoms with Crippen LogP contribution in [0.3, 0.4) is 0 Å². The number of fused-ring (bicyclic) bond motifs is 1. The first-order valence-electron chi connectivity index (χ1n) is 11.5. The maximum Gasteiger partial charge on any atom is 0.148 e. The van der Waals surface area contributed by atoms with E-state index in [0.29, 0.717) is 12.8 Å². The summed E-state index contributed by atoms with van der Waals surface area (Å²) >= 11 is 0. The van der Waals surface area contributed by atoms with Crippen molar-refractivity contribution in [3.05, 3.63) is 90.1 Å². The van der Waals surface area contributed by atoms with Crippen molar-refractivity contribution in [3.8, 4) is 11.1 Å². The van der Waals surface area contributed by atoms with Gasteiger partial charge in [-0.25, -0.2) is 4.98 Å². The summed E-state index contributed by atoms with van der Waals surface area (Å²) in [6.45, 7) is 3.12. The van der Waals surface area contributed by atoms with Gasteiger partial charge < -0.3 is 9.64 Å². The van der Waals surface area contributed by atoms with E-state index in [0.717, 1.165) is 66.3 Å². The van der Waals surface area contributed by atoms with Crippen LogP contribution in [0, 0.1) is 0 Å². The Hall–Kier alpha value is -3.57. The van der Waals surface area contributed by atoms with Gasteiger partial charge in [0.05, 0.1) is 30.4 Å². The van der Waals surface area contributed by atoms with E-state index in [-0.39, 0.29) is 5.78 Å². The fraction of sp³-hybridized carbons (Fsp3) is 0.250. The molecule has 1 fully saturated rings. The third-order valence-corrected chi connectivity index (χ3v) is 6.09. The molecule has 5 nitrogen and oxygen atoms in total. The van der Waals surface area contributed by atoms with Crippen molar-refractivity contribution in [1.29, 1.82) is 0 Å². The normalized spacial score (nSPS) is 13.9. The van der Waals surface area contributed by atoms with Gasteiger partial charge in [-0.3, -0.25) is 9.78 Å². The molecule has 0 aliphatic carbocycles. The Balaban J connectivity index is 1.26. The number of ketones is 1. The lowest BCUT2D eigenvalue weighted by atomic mass is 9.99. The number of ether oxygens (including phenoxy) is 1. The zero-order valence-corrected chi connectivity index (χ0v) is 18.6. The highest BCUT2D eigenvalue weighted by molar-refractivity contribution is 5.83. The standard InChI is InChI=1S/C28H27N3O2/c32-25(12-8-21-4-2-1-3-5-21)18-22-6-9-23(10-7-22)24-11-13-26-27(19-24)30-28(20-29-26)31-14-16-33-17-15-31/h1-7,9-11,13,19-20H,8,12,14-18H2. The lowest BCUT2D eigenvalue weighted by Crippen LogP contribution is -2.36. The van der Waals surface area contributed by atoms with Crippen LogP contribution in [0.25, 0.3) is 22.2 Å². The van der Waals surface area contributed by atoms with Gasteiger partial charge in [-0.15, -0.1) is 0 Å². The van der Waals surface area contributed by atoms with Crippen LogP contribution in [-0.2, 0) is 22.4 Å². The van der Waals surface area contributed by atoms with Crippen LogP contribution in [0.4, 0.5) is 5.82 Å². The van der Waals surface area contributed by atoms with E-state index >= 15 is 0 Å². The average molecular weight is 438 g/mol. The number of carbonyl (C=O) groups is 1. The Morgan fingerprint density at radius 1 is 0.848 bits per heavy atom. The first-order chi connectivity index (χ1) is 16.2. The van der Waals surface area contributed by atoms with Gasteiger partial charge in [0.15, 0.2) is 0 Å². The molecule has 2 heterocycles. The minimum Gasteiger partial charge on any atom is -0.378 e. The molecule has 0 saturated carbocycles. The zero-order chi connectivity index (χ0) is 22.5. The predicted octanol–water partition coefficient (Wildman–Crippen LogP) is 4.88. The molecule has 5 rings (SSSR count). The molecule has 1 aromatic heterocycles. The smallest absolute Gasteiger partial charge is 0.148 e. The number of Topliss-reactive ketones (excluding diaryl/α,β-unsaturated/α-hetero) is 1. The van der Waals surface area contributed by atoms with Gasteiger partial charge >= 0.3 is 0 Å². The van der Waals surface area contributed by atoms with Crippen molar-refractivity contribution in [2.45, 2.75) is 19.3 Å². The number of carbonyl (C=O) groups excluding carboxylic acids is 1. The number of anilines is 1. The highest BCUT2D eigenvalue weighted by atomic mass is 16.5. The number of nitrogens with zero attached hydrogens (tertiary/aromatic N) is 3. The summed E-state index contributed by atoms with van der Waals surface area (Å²) in [4.78, 5) is 24.1. The Labute approximate surface area is 194 Å². The molecule has 1 aliphatic heterocycles. The maximum atomic E-state index is 12.4. The van der Waals surface area contributed by atoms with Crippen LogP contribution in [0.15, 0.2) is 79.0 Å². The first-order valence-corrected chi connectivity index (χ1v) is 11.5. The molecule has 4 aromatic rings. The van der Waals surface area contributed by atoms with Crippen molar-refractivity contribution < 1.29 is 9.53 Å². The number of aromatic nitrogens is 2. The van der Waals surface area contributed by atoms with Gasteiger partial charge in [0.1, 0.15) is 11.6 Å². The van der Waals surface area contributed by atoms with Crippen LogP contribution in [-0.4, -0.2) is 42.1 Å². The third kappa shape index (κ3) is 5.26. The summed E-state index contributed by atoms with van der Waals surface area (Å²) < 4.78 is 5.44. The fourth-order valence-electron chi connectivity index (χ4n) is 4.19. The van der Waals surface area contributed by atoms with Crippen molar-refractivity contribution in [1.82, 2.24) is 9.97 Å². The highest BCUT2D eigenvalue weighted by Crippen LogP contribution is 2.25. The summed E-state index contributed by atoms with van der Waals surface area (Å²) in [5.41, 5.74) is 6.23. The molecule has 0 radical (unpaired) electrons. The SMILES string of the molecule is O=C(CCc1ccccc1)Cc1ccc(-c2ccc3ncc(N4CCOCC4)nc3c2)cc1.